The second-order valence-corrected chi connectivity index (χ2v) is 5.98. The molecule has 0 fully saturated rings. The van der Waals surface area contributed by atoms with Crippen molar-refractivity contribution in [1.82, 2.24) is 4.98 Å². The number of benzene rings is 2. The van der Waals surface area contributed by atoms with Crippen LogP contribution in [0.2, 0.25) is 0 Å². The summed E-state index contributed by atoms with van der Waals surface area (Å²) < 4.78 is 4.81. The van der Waals surface area contributed by atoms with Crippen LogP contribution in [0, 0.1) is 0 Å². The number of rotatable bonds is 3. The second kappa shape index (κ2) is 7.11. The van der Waals surface area contributed by atoms with Gasteiger partial charge in [0.25, 0.3) is 0 Å². The lowest BCUT2D eigenvalue weighted by Gasteiger charge is -2.15. The fraction of sp³-hybridized carbons (Fsp3) is 0.200. The Morgan fingerprint density at radius 3 is 2.80 bits per heavy atom. The van der Waals surface area contributed by atoms with Gasteiger partial charge in [-0.25, -0.2) is 4.79 Å². The van der Waals surface area contributed by atoms with Crippen LogP contribution < -0.4 is 17.7 Å². The predicted molar refractivity (Wildman–Crippen MR) is 94.8 cm³/mol. The van der Waals surface area contributed by atoms with E-state index in [1.54, 1.807) is 6.07 Å². The SMILES string of the molecule is COC(=O)c1cccc(Nc2c3c(nc4ccccc24)CCC3)c1.[Cl-]. The van der Waals surface area contributed by atoms with Crippen molar-refractivity contribution in [2.45, 2.75) is 19.3 Å². The van der Waals surface area contributed by atoms with Crippen molar-refractivity contribution >= 4 is 28.2 Å². The maximum absolute atomic E-state index is 11.8. The monoisotopic (exact) mass is 353 g/mol. The molecule has 3 aromatic rings. The van der Waals surface area contributed by atoms with Gasteiger partial charge in [0.1, 0.15) is 0 Å². The number of hydrogen-bond acceptors (Lipinski definition) is 4. The van der Waals surface area contributed by atoms with Crippen molar-refractivity contribution in [3.8, 4) is 0 Å². The summed E-state index contributed by atoms with van der Waals surface area (Å²) in [6, 6.07) is 15.6. The van der Waals surface area contributed by atoms with Gasteiger partial charge in [-0.3, -0.25) is 4.98 Å². The highest BCUT2D eigenvalue weighted by Crippen LogP contribution is 2.35. The van der Waals surface area contributed by atoms with Crippen LogP contribution in [0.3, 0.4) is 0 Å². The zero-order valence-corrected chi connectivity index (χ0v) is 14.6. The zero-order valence-electron chi connectivity index (χ0n) is 13.9. The molecule has 0 amide bonds. The Balaban J connectivity index is 0.00000182. The van der Waals surface area contributed by atoms with E-state index >= 15 is 0 Å². The molecule has 5 heteroatoms. The summed E-state index contributed by atoms with van der Waals surface area (Å²) in [5, 5.41) is 4.63. The number of aromatic nitrogens is 1. The van der Waals surface area contributed by atoms with E-state index in [-0.39, 0.29) is 18.4 Å². The van der Waals surface area contributed by atoms with E-state index in [2.05, 4.69) is 11.4 Å². The molecule has 4 nitrogen and oxygen atoms in total. The lowest BCUT2D eigenvalue weighted by atomic mass is 10.1. The highest BCUT2D eigenvalue weighted by Gasteiger charge is 2.19. The Morgan fingerprint density at radius 2 is 1.96 bits per heavy atom. The smallest absolute Gasteiger partial charge is 0.337 e. The fourth-order valence-corrected chi connectivity index (χ4v) is 3.34. The highest BCUT2D eigenvalue weighted by molar-refractivity contribution is 5.96. The number of nitrogens with zero attached hydrogens (tertiary/aromatic N) is 1. The average Bonchev–Trinajstić information content (AvgIpc) is 3.09. The first-order valence-corrected chi connectivity index (χ1v) is 8.12. The van der Waals surface area contributed by atoms with E-state index in [1.807, 2.05) is 36.4 Å². The first-order chi connectivity index (χ1) is 11.8. The first kappa shape index (κ1) is 17.2. The number of para-hydroxylation sites is 1. The number of nitrogens with one attached hydrogen (secondary N) is 1. The number of carbonyl (C=O) groups is 1. The first-order valence-electron chi connectivity index (χ1n) is 8.12. The summed E-state index contributed by atoms with van der Waals surface area (Å²) in [6.07, 6.45) is 3.19. The molecule has 0 saturated heterocycles. The lowest BCUT2D eigenvalue weighted by molar-refractivity contribution is -0.0000193. The van der Waals surface area contributed by atoms with Crippen molar-refractivity contribution < 1.29 is 21.9 Å². The molecular weight excluding hydrogens is 336 g/mol. The normalized spacial score (nSPS) is 12.4. The summed E-state index contributed by atoms with van der Waals surface area (Å²) in [4.78, 5) is 16.6. The van der Waals surface area contributed by atoms with Gasteiger partial charge in [-0.1, -0.05) is 24.3 Å². The standard InChI is InChI=1S/C20H18N2O2.ClH/c1-24-20(23)13-6-4-7-14(12-13)21-19-15-8-2-3-10-17(15)22-18-11-5-9-16(18)19;/h2-4,6-8,10,12H,5,9,11H2,1H3,(H,21,22);1H/p-1. The number of esters is 1. The Kier molecular flexibility index (Phi) is 4.91. The third kappa shape index (κ3) is 3.17. The Hall–Kier alpha value is -2.59. The van der Waals surface area contributed by atoms with E-state index < -0.39 is 0 Å². The van der Waals surface area contributed by atoms with Gasteiger partial charge >= 0.3 is 5.97 Å². The third-order valence-electron chi connectivity index (χ3n) is 4.47. The van der Waals surface area contributed by atoms with E-state index in [4.69, 9.17) is 9.72 Å². The van der Waals surface area contributed by atoms with Crippen LogP contribution >= 0.6 is 0 Å². The maximum atomic E-state index is 11.8. The van der Waals surface area contributed by atoms with Crippen LogP contribution in [0.25, 0.3) is 10.9 Å². The minimum atomic E-state index is -0.330. The Labute approximate surface area is 152 Å². The van der Waals surface area contributed by atoms with Crippen molar-refractivity contribution in [2.75, 3.05) is 12.4 Å². The number of halogens is 1. The predicted octanol–water partition coefficient (Wildman–Crippen LogP) is 1.26. The molecule has 0 spiro atoms. The molecular formula is C20H18ClN2O2-. The number of fused-ring (bicyclic) bond motifs is 2. The molecule has 0 unspecified atom stereocenters. The number of aryl methyl sites for hydroxylation is 1. The van der Waals surface area contributed by atoms with Gasteiger partial charge in [0.2, 0.25) is 0 Å². The van der Waals surface area contributed by atoms with Crippen LogP contribution in [0.5, 0.6) is 0 Å². The van der Waals surface area contributed by atoms with Crippen molar-refractivity contribution in [3.63, 3.8) is 0 Å². The number of carbonyl (C=O) groups excluding carboxylic acids is 1. The van der Waals surface area contributed by atoms with E-state index in [0.29, 0.717) is 5.56 Å². The molecule has 1 aliphatic rings. The van der Waals surface area contributed by atoms with Crippen LogP contribution in [0.1, 0.15) is 28.0 Å². The van der Waals surface area contributed by atoms with Crippen LogP contribution in [0.15, 0.2) is 48.5 Å². The molecule has 1 aromatic heterocycles. The third-order valence-corrected chi connectivity index (χ3v) is 4.47. The van der Waals surface area contributed by atoms with Gasteiger partial charge in [-0.15, -0.1) is 0 Å². The number of hydrogen-bond donors (Lipinski definition) is 1. The number of pyridine rings is 1. The summed E-state index contributed by atoms with van der Waals surface area (Å²) >= 11 is 0. The molecule has 1 N–H and O–H groups in total. The van der Waals surface area contributed by atoms with Crippen molar-refractivity contribution in [1.29, 1.82) is 0 Å². The summed E-state index contributed by atoms with van der Waals surface area (Å²) in [5.41, 5.74) is 6.00. The molecule has 0 atom stereocenters. The average molecular weight is 354 g/mol. The van der Waals surface area contributed by atoms with Gasteiger partial charge in [-0.05, 0) is 49.1 Å². The topological polar surface area (TPSA) is 51.2 Å². The van der Waals surface area contributed by atoms with Crippen molar-refractivity contribution in [3.05, 3.63) is 65.4 Å². The highest BCUT2D eigenvalue weighted by atomic mass is 35.5. The number of anilines is 2. The van der Waals surface area contributed by atoms with Gasteiger partial charge in [0, 0.05) is 16.8 Å². The fourth-order valence-electron chi connectivity index (χ4n) is 3.34. The molecule has 1 heterocycles. The van der Waals surface area contributed by atoms with Gasteiger partial charge in [-0.2, -0.15) is 0 Å². The van der Waals surface area contributed by atoms with Gasteiger partial charge < -0.3 is 22.5 Å². The summed E-state index contributed by atoms with van der Waals surface area (Å²) in [6.45, 7) is 0. The zero-order chi connectivity index (χ0) is 16.5. The van der Waals surface area contributed by atoms with Crippen LogP contribution in [0.4, 0.5) is 11.4 Å². The molecule has 128 valence electrons. The minimum absolute atomic E-state index is 0. The number of methoxy groups -OCH3 is 1. The second-order valence-electron chi connectivity index (χ2n) is 5.98. The van der Waals surface area contributed by atoms with Crippen LogP contribution in [-0.2, 0) is 17.6 Å². The largest absolute Gasteiger partial charge is 1.00 e. The lowest BCUT2D eigenvalue weighted by Crippen LogP contribution is -3.00. The van der Waals surface area contributed by atoms with E-state index in [9.17, 15) is 4.79 Å². The van der Waals surface area contributed by atoms with E-state index in [0.717, 1.165) is 41.5 Å². The molecule has 25 heavy (non-hydrogen) atoms. The molecule has 4 rings (SSSR count). The molecule has 1 aliphatic carbocycles. The Morgan fingerprint density at radius 1 is 1.12 bits per heavy atom. The molecule has 0 saturated carbocycles. The van der Waals surface area contributed by atoms with Gasteiger partial charge in [0.05, 0.1) is 23.9 Å². The quantitative estimate of drug-likeness (QED) is 0.720. The van der Waals surface area contributed by atoms with Crippen molar-refractivity contribution in [2.24, 2.45) is 0 Å². The van der Waals surface area contributed by atoms with Crippen LogP contribution in [-0.4, -0.2) is 18.1 Å². The molecule has 2 aromatic carbocycles. The summed E-state index contributed by atoms with van der Waals surface area (Å²) in [7, 11) is 1.39. The minimum Gasteiger partial charge on any atom is -1.00 e. The Bertz CT molecular complexity index is 940. The van der Waals surface area contributed by atoms with Gasteiger partial charge in [0.15, 0.2) is 0 Å². The molecule has 0 aliphatic heterocycles. The van der Waals surface area contributed by atoms with E-state index in [1.165, 1.54) is 18.4 Å². The number of ether oxygens (including phenoxy) is 1. The summed E-state index contributed by atoms with van der Waals surface area (Å²) in [5.74, 6) is -0.330. The molecule has 0 bridgehead atoms. The molecule has 0 radical (unpaired) electrons. The maximum Gasteiger partial charge on any atom is 0.337 e.